The van der Waals surface area contributed by atoms with Crippen LogP contribution in [0, 0.1) is 0 Å². The van der Waals surface area contributed by atoms with Crippen LogP contribution in [0.15, 0.2) is 39.6 Å². The van der Waals surface area contributed by atoms with Crippen molar-refractivity contribution < 1.29 is 0 Å². The standard InChI is InChI=1S/C15H17N3S2/c1-19-14-8-7-13(20-14)15(16)18-17-12-6-5-10-3-2-4-11(10)9-12/h5-9,17H,2-4H2,1H3,(H2,16,18). The molecule has 5 heteroatoms. The molecule has 1 aromatic heterocycles. The Balaban J connectivity index is 1.73. The van der Waals surface area contributed by atoms with E-state index < -0.39 is 0 Å². The first-order valence-corrected chi connectivity index (χ1v) is 8.65. The van der Waals surface area contributed by atoms with Gasteiger partial charge in [0.15, 0.2) is 5.84 Å². The van der Waals surface area contributed by atoms with Crippen LogP contribution >= 0.6 is 23.1 Å². The smallest absolute Gasteiger partial charge is 0.161 e. The number of nitrogens with two attached hydrogens (primary N) is 1. The zero-order valence-electron chi connectivity index (χ0n) is 11.3. The Morgan fingerprint density at radius 1 is 1.25 bits per heavy atom. The van der Waals surface area contributed by atoms with Crippen molar-refractivity contribution in [2.75, 3.05) is 11.7 Å². The van der Waals surface area contributed by atoms with E-state index in [1.165, 1.54) is 34.6 Å². The predicted octanol–water partition coefficient (Wildman–Crippen LogP) is 3.69. The normalized spacial score (nSPS) is 14.3. The van der Waals surface area contributed by atoms with Gasteiger partial charge in [-0.05, 0) is 60.9 Å². The van der Waals surface area contributed by atoms with E-state index in [2.05, 4.69) is 41.0 Å². The Bertz CT molecular complexity index is 646. The molecule has 0 atom stereocenters. The maximum Gasteiger partial charge on any atom is 0.161 e. The second-order valence-electron chi connectivity index (χ2n) is 4.77. The first-order valence-electron chi connectivity index (χ1n) is 6.61. The van der Waals surface area contributed by atoms with Crippen molar-refractivity contribution in [3.05, 3.63) is 46.3 Å². The van der Waals surface area contributed by atoms with Gasteiger partial charge in [-0.25, -0.2) is 0 Å². The van der Waals surface area contributed by atoms with Crippen LogP contribution < -0.4 is 11.2 Å². The van der Waals surface area contributed by atoms with Crippen LogP contribution in [-0.2, 0) is 12.8 Å². The summed E-state index contributed by atoms with van der Waals surface area (Å²) >= 11 is 3.39. The van der Waals surface area contributed by atoms with Crippen LogP contribution in [0.2, 0.25) is 0 Å². The summed E-state index contributed by atoms with van der Waals surface area (Å²) in [5.74, 6) is 0.538. The molecule has 20 heavy (non-hydrogen) atoms. The molecule has 0 saturated heterocycles. The largest absolute Gasteiger partial charge is 0.381 e. The highest BCUT2D eigenvalue weighted by atomic mass is 32.2. The lowest BCUT2D eigenvalue weighted by atomic mass is 10.1. The van der Waals surface area contributed by atoms with E-state index in [-0.39, 0.29) is 0 Å². The maximum absolute atomic E-state index is 6.01. The zero-order valence-corrected chi connectivity index (χ0v) is 13.0. The summed E-state index contributed by atoms with van der Waals surface area (Å²) in [7, 11) is 0. The Labute approximate surface area is 127 Å². The van der Waals surface area contributed by atoms with Crippen molar-refractivity contribution in [1.82, 2.24) is 0 Å². The minimum Gasteiger partial charge on any atom is -0.381 e. The molecule has 104 valence electrons. The monoisotopic (exact) mass is 303 g/mol. The Hall–Kier alpha value is -1.46. The third kappa shape index (κ3) is 2.83. The van der Waals surface area contributed by atoms with Crippen LogP contribution in [0.25, 0.3) is 0 Å². The molecule has 0 aliphatic heterocycles. The van der Waals surface area contributed by atoms with E-state index in [0.717, 1.165) is 10.6 Å². The number of aryl methyl sites for hydroxylation is 2. The van der Waals surface area contributed by atoms with E-state index in [4.69, 9.17) is 5.73 Å². The Morgan fingerprint density at radius 2 is 2.10 bits per heavy atom. The van der Waals surface area contributed by atoms with Gasteiger partial charge in [0.2, 0.25) is 0 Å². The maximum atomic E-state index is 6.01. The average Bonchev–Trinajstić information content (AvgIpc) is 3.12. The van der Waals surface area contributed by atoms with Gasteiger partial charge in [0.1, 0.15) is 0 Å². The average molecular weight is 303 g/mol. The van der Waals surface area contributed by atoms with Gasteiger partial charge in [-0.15, -0.1) is 23.1 Å². The van der Waals surface area contributed by atoms with Gasteiger partial charge in [-0.3, -0.25) is 5.43 Å². The number of anilines is 1. The second-order valence-corrected chi connectivity index (χ2v) is 6.96. The number of nitrogens with one attached hydrogen (secondary N) is 1. The Morgan fingerprint density at radius 3 is 2.90 bits per heavy atom. The third-order valence-electron chi connectivity index (χ3n) is 3.44. The lowest BCUT2D eigenvalue weighted by Crippen LogP contribution is -2.13. The highest BCUT2D eigenvalue weighted by molar-refractivity contribution is 8.00. The second kappa shape index (κ2) is 5.89. The van der Waals surface area contributed by atoms with Gasteiger partial charge in [-0.1, -0.05) is 6.07 Å². The molecule has 0 unspecified atom stereocenters. The topological polar surface area (TPSA) is 50.4 Å². The molecule has 0 fully saturated rings. The van der Waals surface area contributed by atoms with Crippen molar-refractivity contribution in [2.24, 2.45) is 10.8 Å². The SMILES string of the molecule is CSc1ccc(C(N)=NNc2ccc3c(c2)CCC3)s1. The lowest BCUT2D eigenvalue weighted by molar-refractivity contribution is 0.912. The number of thiophene rings is 1. The molecule has 3 N–H and O–H groups in total. The first kappa shape index (κ1) is 13.5. The molecule has 1 aliphatic rings. The van der Waals surface area contributed by atoms with Crippen LogP contribution in [0.4, 0.5) is 5.69 Å². The van der Waals surface area contributed by atoms with Crippen molar-refractivity contribution in [3.63, 3.8) is 0 Å². The number of rotatable bonds is 4. The fraction of sp³-hybridized carbons (Fsp3) is 0.267. The number of amidine groups is 1. The highest BCUT2D eigenvalue weighted by Crippen LogP contribution is 2.26. The van der Waals surface area contributed by atoms with E-state index in [1.807, 2.05) is 6.07 Å². The predicted molar refractivity (Wildman–Crippen MR) is 88.9 cm³/mol. The Kier molecular flexibility index (Phi) is 3.98. The molecule has 0 spiro atoms. The molecule has 1 heterocycles. The summed E-state index contributed by atoms with van der Waals surface area (Å²) < 4.78 is 1.25. The summed E-state index contributed by atoms with van der Waals surface area (Å²) in [6, 6.07) is 10.5. The highest BCUT2D eigenvalue weighted by Gasteiger charge is 2.10. The summed E-state index contributed by atoms with van der Waals surface area (Å²) in [6.45, 7) is 0. The number of hydrogen-bond donors (Lipinski definition) is 2. The van der Waals surface area contributed by atoms with Crippen LogP contribution in [0.1, 0.15) is 22.4 Å². The molecular weight excluding hydrogens is 286 g/mol. The van der Waals surface area contributed by atoms with E-state index in [0.29, 0.717) is 5.84 Å². The number of hydrazone groups is 1. The van der Waals surface area contributed by atoms with Crippen LogP contribution in [0.3, 0.4) is 0 Å². The number of nitrogens with zero attached hydrogens (tertiary/aromatic N) is 1. The van der Waals surface area contributed by atoms with E-state index >= 15 is 0 Å². The molecule has 0 saturated carbocycles. The molecule has 0 radical (unpaired) electrons. The third-order valence-corrected chi connectivity index (χ3v) is 5.63. The van der Waals surface area contributed by atoms with Gasteiger partial charge >= 0.3 is 0 Å². The summed E-state index contributed by atoms with van der Waals surface area (Å²) in [5, 5.41) is 4.28. The molecule has 0 bridgehead atoms. The number of hydrogen-bond acceptors (Lipinski definition) is 4. The molecule has 2 aromatic rings. The van der Waals surface area contributed by atoms with E-state index in [1.54, 1.807) is 23.1 Å². The van der Waals surface area contributed by atoms with Gasteiger partial charge < -0.3 is 5.73 Å². The zero-order chi connectivity index (χ0) is 13.9. The summed E-state index contributed by atoms with van der Waals surface area (Å²) in [4.78, 5) is 1.00. The van der Waals surface area contributed by atoms with Crippen LogP contribution in [0.5, 0.6) is 0 Å². The quantitative estimate of drug-likeness (QED) is 0.392. The molecule has 3 nitrogen and oxygen atoms in total. The van der Waals surface area contributed by atoms with Crippen LogP contribution in [-0.4, -0.2) is 12.1 Å². The van der Waals surface area contributed by atoms with Crippen molar-refractivity contribution >= 4 is 34.6 Å². The van der Waals surface area contributed by atoms with Gasteiger partial charge in [-0.2, -0.15) is 5.10 Å². The van der Waals surface area contributed by atoms with Crippen molar-refractivity contribution in [3.8, 4) is 0 Å². The fourth-order valence-corrected chi connectivity index (χ4v) is 3.83. The summed E-state index contributed by atoms with van der Waals surface area (Å²) in [6.07, 6.45) is 5.70. The lowest BCUT2D eigenvalue weighted by Gasteiger charge is -2.05. The van der Waals surface area contributed by atoms with Crippen molar-refractivity contribution in [2.45, 2.75) is 23.5 Å². The minimum absolute atomic E-state index is 0.538. The minimum atomic E-state index is 0.538. The molecule has 1 aliphatic carbocycles. The molecule has 3 rings (SSSR count). The first-order chi connectivity index (χ1) is 9.76. The molecule has 1 aromatic carbocycles. The molecular formula is C15H17N3S2. The number of thioether (sulfide) groups is 1. The van der Waals surface area contributed by atoms with Gasteiger partial charge in [0.25, 0.3) is 0 Å². The number of fused-ring (bicyclic) bond motifs is 1. The van der Waals surface area contributed by atoms with Gasteiger partial charge in [0, 0.05) is 0 Å². The molecule has 0 amide bonds. The van der Waals surface area contributed by atoms with E-state index in [9.17, 15) is 0 Å². The van der Waals surface area contributed by atoms with Gasteiger partial charge in [0.05, 0.1) is 14.8 Å². The van der Waals surface area contributed by atoms with Crippen molar-refractivity contribution in [1.29, 1.82) is 0 Å². The summed E-state index contributed by atoms with van der Waals surface area (Å²) in [5.41, 5.74) is 13.0. The fourth-order valence-electron chi connectivity index (χ4n) is 2.39. The number of benzene rings is 1.